The molecule has 0 spiro atoms. The number of aromatic carboxylic acids is 1. The Morgan fingerprint density at radius 3 is 1.88 bits per heavy atom. The molecule has 1 unspecified atom stereocenters. The van der Waals surface area contributed by atoms with Crippen molar-refractivity contribution in [3.05, 3.63) is 66.2 Å². The molecule has 0 fully saturated rings. The number of carboxylic acids is 1. The van der Waals surface area contributed by atoms with Gasteiger partial charge < -0.3 is 5.11 Å². The first-order valence-corrected chi connectivity index (χ1v) is 9.85. The summed E-state index contributed by atoms with van der Waals surface area (Å²) in [7, 11) is 0. The van der Waals surface area contributed by atoms with Crippen molar-refractivity contribution in [2.75, 3.05) is 0 Å². The van der Waals surface area contributed by atoms with Gasteiger partial charge in [0, 0.05) is 0 Å². The van der Waals surface area contributed by atoms with Crippen molar-refractivity contribution in [1.29, 1.82) is 0 Å². The van der Waals surface area contributed by atoms with Gasteiger partial charge in [0.15, 0.2) is 0 Å². The minimum Gasteiger partial charge on any atom is -0.478 e. The van der Waals surface area contributed by atoms with E-state index in [1.165, 1.54) is 19.1 Å². The van der Waals surface area contributed by atoms with Crippen molar-refractivity contribution in [3.63, 3.8) is 0 Å². The Morgan fingerprint density at radius 2 is 1.50 bits per heavy atom. The van der Waals surface area contributed by atoms with Crippen LogP contribution >= 0.6 is 0 Å². The SMILES string of the molecule is CC(=O)NO[As](=O)(OO)c1ccccc1.O=C(O)c1ccccc1. The van der Waals surface area contributed by atoms with Crippen LogP contribution in [0.3, 0.4) is 0 Å². The second-order valence-corrected chi connectivity index (χ2v) is 8.23. The van der Waals surface area contributed by atoms with E-state index < -0.39 is 26.0 Å². The number of nitrogens with one attached hydrogen (secondary N) is 1. The summed E-state index contributed by atoms with van der Waals surface area (Å²) in [6, 6.07) is 16.2. The predicted octanol–water partition coefficient (Wildman–Crippen LogP) is 1.21. The Kier molecular flexibility index (Phi) is 7.94. The monoisotopic (exact) mass is 397 g/mol. The van der Waals surface area contributed by atoms with Gasteiger partial charge in [-0.2, -0.15) is 0 Å². The molecule has 128 valence electrons. The largest absolute Gasteiger partial charge is 0.478 e. The third-order valence-electron chi connectivity index (χ3n) is 2.51. The van der Waals surface area contributed by atoms with Crippen LogP contribution in [-0.2, 0) is 16.2 Å². The summed E-state index contributed by atoms with van der Waals surface area (Å²) in [5, 5.41) is 16.9. The van der Waals surface area contributed by atoms with Crippen molar-refractivity contribution in [3.8, 4) is 0 Å². The summed E-state index contributed by atoms with van der Waals surface area (Å²) in [6.07, 6.45) is 0. The molecule has 8 nitrogen and oxygen atoms in total. The zero-order chi connectivity index (χ0) is 18.0. The van der Waals surface area contributed by atoms with Crippen LogP contribution < -0.4 is 9.83 Å². The molecular weight excluding hydrogens is 381 g/mol. The van der Waals surface area contributed by atoms with E-state index in [0.29, 0.717) is 5.56 Å². The molecule has 2 rings (SSSR count). The molecule has 0 bridgehead atoms. The molecule has 2 aromatic rings. The van der Waals surface area contributed by atoms with E-state index in [-0.39, 0.29) is 4.35 Å². The number of hydroxylamine groups is 1. The Morgan fingerprint density at radius 1 is 1.00 bits per heavy atom. The van der Waals surface area contributed by atoms with Gasteiger partial charge in [-0.05, 0) is 12.1 Å². The molecule has 0 aliphatic rings. The Balaban J connectivity index is 0.000000272. The first-order chi connectivity index (χ1) is 11.4. The van der Waals surface area contributed by atoms with Crippen molar-refractivity contribution in [2.24, 2.45) is 0 Å². The molecule has 0 heterocycles. The molecule has 0 aromatic heterocycles. The average Bonchev–Trinajstić information content (AvgIpc) is 2.61. The standard InChI is InChI=1S/C8H10AsNO5.C7H6O2/c1-7(11)10-14-9(12,15-13)8-5-3-2-4-6-8;8-7(9)6-4-2-1-3-5-6/h2-6,13H,1H3,(H,10,11);1-5H,(H,8,9). The fourth-order valence-corrected chi connectivity index (χ4v) is 3.57. The summed E-state index contributed by atoms with van der Waals surface area (Å²) in [5.74, 6) is -1.42. The van der Waals surface area contributed by atoms with Gasteiger partial charge in [0.1, 0.15) is 0 Å². The van der Waals surface area contributed by atoms with Crippen LogP contribution in [0.5, 0.6) is 0 Å². The van der Waals surface area contributed by atoms with E-state index in [1.54, 1.807) is 48.5 Å². The molecule has 0 aliphatic heterocycles. The third kappa shape index (κ3) is 6.39. The van der Waals surface area contributed by atoms with Crippen LogP contribution in [0.25, 0.3) is 0 Å². The fourth-order valence-electron chi connectivity index (χ4n) is 1.43. The molecule has 1 atom stereocenters. The molecule has 24 heavy (non-hydrogen) atoms. The molecule has 1 amide bonds. The zero-order valence-electron chi connectivity index (χ0n) is 12.7. The van der Waals surface area contributed by atoms with Crippen LogP contribution in [0, 0.1) is 0 Å². The quantitative estimate of drug-likeness (QED) is 0.394. The zero-order valence-corrected chi connectivity index (χ0v) is 14.5. The number of carbonyl (C=O) groups excluding carboxylic acids is 1. The van der Waals surface area contributed by atoms with E-state index in [0.717, 1.165) is 0 Å². The van der Waals surface area contributed by atoms with Crippen molar-refractivity contribution in [1.82, 2.24) is 5.48 Å². The normalized spacial score (nSPS) is 12.2. The van der Waals surface area contributed by atoms with Gasteiger partial charge in [0.05, 0.1) is 5.56 Å². The van der Waals surface area contributed by atoms with Crippen LogP contribution in [0.15, 0.2) is 60.7 Å². The fraction of sp³-hybridized carbons (Fsp3) is 0.0667. The van der Waals surface area contributed by atoms with Crippen molar-refractivity contribution >= 4 is 30.4 Å². The second-order valence-electron chi connectivity index (χ2n) is 4.34. The minimum absolute atomic E-state index is 0.201. The summed E-state index contributed by atoms with van der Waals surface area (Å²) in [4.78, 5) is 20.8. The molecule has 0 radical (unpaired) electrons. The Bertz CT molecular complexity index is 706. The van der Waals surface area contributed by atoms with Crippen LogP contribution in [-0.4, -0.2) is 36.4 Å². The summed E-state index contributed by atoms with van der Waals surface area (Å²) >= 11 is -4.55. The van der Waals surface area contributed by atoms with Crippen LogP contribution in [0.1, 0.15) is 17.3 Å². The summed E-state index contributed by atoms with van der Waals surface area (Å²) < 4.78 is 20.5. The first kappa shape index (κ1) is 19.7. The Labute approximate surface area is 140 Å². The minimum atomic E-state index is -4.55. The maximum Gasteiger partial charge on any atom is 0.335 e. The predicted molar refractivity (Wildman–Crippen MR) is 84.5 cm³/mol. The van der Waals surface area contributed by atoms with Gasteiger partial charge >= 0.3 is 94.6 Å². The van der Waals surface area contributed by atoms with Crippen LogP contribution in [0.4, 0.5) is 0 Å². The van der Waals surface area contributed by atoms with E-state index in [9.17, 15) is 13.3 Å². The smallest absolute Gasteiger partial charge is 0.335 e. The number of benzene rings is 2. The Hall–Kier alpha value is -2.38. The van der Waals surface area contributed by atoms with Crippen molar-refractivity contribution in [2.45, 2.75) is 6.92 Å². The first-order valence-electron chi connectivity index (χ1n) is 6.61. The molecular formula is C15H16AsNO7. The molecule has 2 aromatic carbocycles. The maximum absolute atomic E-state index is 11.8. The summed E-state index contributed by atoms with van der Waals surface area (Å²) in [6.45, 7) is 1.18. The van der Waals surface area contributed by atoms with Gasteiger partial charge in [-0.15, -0.1) is 0 Å². The van der Waals surface area contributed by atoms with Gasteiger partial charge in [0.2, 0.25) is 0 Å². The maximum atomic E-state index is 11.8. The van der Waals surface area contributed by atoms with Gasteiger partial charge in [-0.3, -0.25) is 0 Å². The number of hydrogen-bond donors (Lipinski definition) is 3. The van der Waals surface area contributed by atoms with Gasteiger partial charge in [-0.25, -0.2) is 4.79 Å². The third-order valence-corrected chi connectivity index (χ3v) is 5.61. The average molecular weight is 397 g/mol. The second kappa shape index (κ2) is 9.69. The number of amides is 1. The summed E-state index contributed by atoms with van der Waals surface area (Å²) in [5.41, 5.74) is 2.21. The molecule has 0 saturated carbocycles. The topological polar surface area (TPSA) is 122 Å². The number of carboxylic acid groups (broad SMARTS) is 1. The molecule has 3 N–H and O–H groups in total. The molecule has 0 aliphatic carbocycles. The van der Waals surface area contributed by atoms with E-state index in [4.69, 9.17) is 10.4 Å². The number of carbonyl (C=O) groups is 2. The van der Waals surface area contributed by atoms with E-state index in [1.807, 2.05) is 5.48 Å². The van der Waals surface area contributed by atoms with Gasteiger partial charge in [0.25, 0.3) is 0 Å². The van der Waals surface area contributed by atoms with Crippen LogP contribution in [0.2, 0.25) is 0 Å². The van der Waals surface area contributed by atoms with E-state index in [2.05, 4.69) is 7.70 Å². The number of hydrogen-bond acceptors (Lipinski definition) is 6. The number of rotatable bonds is 5. The van der Waals surface area contributed by atoms with Gasteiger partial charge in [-0.1, -0.05) is 18.2 Å². The van der Waals surface area contributed by atoms with Crippen molar-refractivity contribution < 1.29 is 31.4 Å². The molecule has 0 saturated heterocycles. The van der Waals surface area contributed by atoms with E-state index >= 15 is 0 Å². The molecule has 9 heteroatoms.